The number of hydrogen-bond donors (Lipinski definition) is 1. The van der Waals surface area contributed by atoms with Gasteiger partial charge in [-0.2, -0.15) is 0 Å². The lowest BCUT2D eigenvalue weighted by atomic mass is 10.1. The zero-order valence-electron chi connectivity index (χ0n) is 10.4. The molecular formula is C11H17NO5. The number of hydrogen-bond acceptors (Lipinski definition) is 4. The summed E-state index contributed by atoms with van der Waals surface area (Å²) in [5, 5.41) is 8.52. The number of carbonyl (C=O) groups is 3. The molecule has 6 heteroatoms. The second-order valence-electron chi connectivity index (χ2n) is 4.47. The summed E-state index contributed by atoms with van der Waals surface area (Å²) in [5.41, 5.74) is -0.868. The van der Waals surface area contributed by atoms with Crippen LogP contribution in [-0.2, 0) is 19.1 Å². The Morgan fingerprint density at radius 2 is 1.71 bits per heavy atom. The maximum atomic E-state index is 11.6. The Balaban J connectivity index is 4.75. The summed E-state index contributed by atoms with van der Waals surface area (Å²) in [4.78, 5) is 36.3. The van der Waals surface area contributed by atoms with E-state index in [0.717, 1.165) is 0 Å². The molecule has 0 aliphatic rings. The van der Waals surface area contributed by atoms with Crippen LogP contribution in [-0.4, -0.2) is 34.3 Å². The van der Waals surface area contributed by atoms with Crippen molar-refractivity contribution >= 4 is 23.6 Å². The highest BCUT2D eigenvalue weighted by Crippen LogP contribution is 2.09. The number of esters is 1. The summed E-state index contributed by atoms with van der Waals surface area (Å²) in [7, 11) is 0. The van der Waals surface area contributed by atoms with E-state index in [9.17, 15) is 14.4 Å². The van der Waals surface area contributed by atoms with E-state index in [1.807, 2.05) is 0 Å². The number of carboxylic acids is 1. The van der Waals surface area contributed by atoms with Crippen LogP contribution in [0.25, 0.3) is 0 Å². The number of aliphatic carboxylic acids is 1. The Morgan fingerprint density at radius 3 is 2.06 bits per heavy atom. The molecule has 0 radical (unpaired) electrons. The van der Waals surface area contributed by atoms with Gasteiger partial charge in [0.15, 0.2) is 0 Å². The molecule has 0 atom stereocenters. The van der Waals surface area contributed by atoms with Gasteiger partial charge in [0, 0.05) is 13.3 Å². The first-order chi connectivity index (χ1) is 7.61. The number of carbonyl (C=O) groups excluding carboxylic acids is 2. The Hall–Kier alpha value is -1.72. The molecule has 0 unspecified atom stereocenters. The van der Waals surface area contributed by atoms with Crippen LogP contribution in [0.5, 0.6) is 0 Å². The Labute approximate surface area is 99.7 Å². The predicted octanol–water partition coefficient (Wildman–Crippen LogP) is 1.18. The van der Waals surface area contributed by atoms with E-state index in [1.54, 1.807) is 20.8 Å². The normalized spacial score (nSPS) is 12.1. The number of aliphatic imine (C=N–C) groups is 1. The number of carboxylic acid groups (broad SMARTS) is 1. The van der Waals surface area contributed by atoms with Crippen molar-refractivity contribution in [3.63, 3.8) is 0 Å². The van der Waals surface area contributed by atoms with E-state index in [2.05, 4.69) is 4.99 Å². The quantitative estimate of drug-likeness (QED) is 0.591. The lowest BCUT2D eigenvalue weighted by molar-refractivity contribution is -0.146. The second-order valence-corrected chi connectivity index (χ2v) is 4.47. The van der Waals surface area contributed by atoms with Gasteiger partial charge in [0.1, 0.15) is 11.3 Å². The van der Waals surface area contributed by atoms with Gasteiger partial charge in [-0.3, -0.25) is 9.59 Å². The second kappa shape index (κ2) is 6.12. The van der Waals surface area contributed by atoms with Crippen molar-refractivity contribution in [2.75, 3.05) is 0 Å². The van der Waals surface area contributed by atoms with Gasteiger partial charge in [0.2, 0.25) is 5.91 Å². The molecule has 1 amide bonds. The Kier molecular flexibility index (Phi) is 5.50. The molecule has 0 aliphatic heterocycles. The number of rotatable bonds is 4. The number of amides is 1. The van der Waals surface area contributed by atoms with Crippen molar-refractivity contribution in [2.24, 2.45) is 4.99 Å². The molecule has 0 saturated heterocycles. The van der Waals surface area contributed by atoms with E-state index in [0.29, 0.717) is 0 Å². The molecule has 0 spiro atoms. The molecule has 6 nitrogen and oxygen atoms in total. The zero-order valence-corrected chi connectivity index (χ0v) is 10.4. The largest absolute Gasteiger partial charge is 0.481 e. The summed E-state index contributed by atoms with van der Waals surface area (Å²) in [6.45, 7) is 6.21. The zero-order chi connectivity index (χ0) is 13.6. The lowest BCUT2D eigenvalue weighted by Crippen LogP contribution is -2.29. The van der Waals surface area contributed by atoms with Gasteiger partial charge >= 0.3 is 11.9 Å². The van der Waals surface area contributed by atoms with Crippen molar-refractivity contribution in [2.45, 2.75) is 46.1 Å². The molecule has 1 N–H and O–H groups in total. The number of nitrogens with zero attached hydrogens (tertiary/aromatic N) is 1. The SMILES string of the molecule is CC(=O)N=C(CCC(=O)O)C(=O)OC(C)(C)C. The van der Waals surface area contributed by atoms with E-state index in [-0.39, 0.29) is 18.6 Å². The topological polar surface area (TPSA) is 93.0 Å². The molecule has 0 bridgehead atoms. The standard InChI is InChI=1S/C11H17NO5/c1-7(13)12-8(5-6-9(14)15)10(16)17-11(2,3)4/h5-6H2,1-4H3,(H,14,15). The van der Waals surface area contributed by atoms with E-state index < -0.39 is 23.4 Å². The van der Waals surface area contributed by atoms with E-state index in [4.69, 9.17) is 9.84 Å². The van der Waals surface area contributed by atoms with Crippen LogP contribution in [0.2, 0.25) is 0 Å². The van der Waals surface area contributed by atoms with Crippen LogP contribution < -0.4 is 0 Å². The maximum absolute atomic E-state index is 11.6. The van der Waals surface area contributed by atoms with Crippen LogP contribution in [0.15, 0.2) is 4.99 Å². The van der Waals surface area contributed by atoms with Crippen molar-refractivity contribution in [1.29, 1.82) is 0 Å². The molecule has 0 aliphatic carbocycles. The highest BCUT2D eigenvalue weighted by Gasteiger charge is 2.22. The van der Waals surface area contributed by atoms with Crippen LogP contribution in [0.3, 0.4) is 0 Å². The summed E-state index contributed by atoms with van der Waals surface area (Å²) in [5.74, 6) is -2.38. The van der Waals surface area contributed by atoms with Gasteiger partial charge in [0.25, 0.3) is 0 Å². The third-order valence-electron chi connectivity index (χ3n) is 1.50. The highest BCUT2D eigenvalue weighted by molar-refractivity contribution is 6.38. The van der Waals surface area contributed by atoms with Gasteiger partial charge in [-0.05, 0) is 20.8 Å². The molecule has 0 fully saturated rings. The molecule has 17 heavy (non-hydrogen) atoms. The molecule has 0 heterocycles. The minimum absolute atomic E-state index is 0.121. The Bertz CT molecular complexity index is 351. The van der Waals surface area contributed by atoms with Crippen molar-refractivity contribution in [3.8, 4) is 0 Å². The molecule has 0 aromatic heterocycles. The minimum Gasteiger partial charge on any atom is -0.481 e. The van der Waals surface area contributed by atoms with Gasteiger partial charge in [0.05, 0.1) is 6.42 Å². The van der Waals surface area contributed by atoms with Gasteiger partial charge in [-0.15, -0.1) is 0 Å². The third kappa shape index (κ3) is 8.12. The van der Waals surface area contributed by atoms with Crippen LogP contribution in [0.4, 0.5) is 0 Å². The molecular weight excluding hydrogens is 226 g/mol. The maximum Gasteiger partial charge on any atom is 0.353 e. The van der Waals surface area contributed by atoms with Crippen molar-refractivity contribution < 1.29 is 24.2 Å². The molecule has 0 aromatic carbocycles. The van der Waals surface area contributed by atoms with E-state index >= 15 is 0 Å². The van der Waals surface area contributed by atoms with Gasteiger partial charge in [-0.1, -0.05) is 0 Å². The van der Waals surface area contributed by atoms with Gasteiger partial charge in [-0.25, -0.2) is 9.79 Å². The highest BCUT2D eigenvalue weighted by atomic mass is 16.6. The van der Waals surface area contributed by atoms with Crippen LogP contribution >= 0.6 is 0 Å². The van der Waals surface area contributed by atoms with Crippen LogP contribution in [0, 0.1) is 0 Å². The number of ether oxygens (including phenoxy) is 1. The Morgan fingerprint density at radius 1 is 1.18 bits per heavy atom. The first-order valence-corrected chi connectivity index (χ1v) is 5.15. The first kappa shape index (κ1) is 15.3. The summed E-state index contributed by atoms with van der Waals surface area (Å²) >= 11 is 0. The average molecular weight is 243 g/mol. The minimum atomic E-state index is -1.06. The summed E-state index contributed by atoms with van der Waals surface area (Å²) in [6.07, 6.45) is -0.394. The predicted molar refractivity (Wildman–Crippen MR) is 60.8 cm³/mol. The van der Waals surface area contributed by atoms with Crippen molar-refractivity contribution in [1.82, 2.24) is 0 Å². The summed E-state index contributed by atoms with van der Waals surface area (Å²) in [6, 6.07) is 0. The molecule has 0 aromatic rings. The fourth-order valence-electron chi connectivity index (χ4n) is 0.956. The van der Waals surface area contributed by atoms with Crippen LogP contribution in [0.1, 0.15) is 40.5 Å². The first-order valence-electron chi connectivity index (χ1n) is 5.15. The van der Waals surface area contributed by atoms with Gasteiger partial charge < -0.3 is 9.84 Å². The molecule has 0 saturated carbocycles. The van der Waals surface area contributed by atoms with E-state index in [1.165, 1.54) is 6.92 Å². The van der Waals surface area contributed by atoms with Crippen molar-refractivity contribution in [3.05, 3.63) is 0 Å². The summed E-state index contributed by atoms with van der Waals surface area (Å²) < 4.78 is 5.02. The third-order valence-corrected chi connectivity index (χ3v) is 1.50. The fourth-order valence-corrected chi connectivity index (χ4v) is 0.956. The fraction of sp³-hybridized carbons (Fsp3) is 0.636. The average Bonchev–Trinajstić information content (AvgIpc) is 2.08. The smallest absolute Gasteiger partial charge is 0.353 e. The monoisotopic (exact) mass is 243 g/mol. The lowest BCUT2D eigenvalue weighted by Gasteiger charge is -2.19. The molecule has 96 valence electrons. The molecule has 0 rings (SSSR count).